The van der Waals surface area contributed by atoms with Crippen LogP contribution in [0, 0.1) is 19.8 Å². The first-order chi connectivity index (χ1) is 16.8. The van der Waals surface area contributed by atoms with Crippen LogP contribution >= 0.6 is 0 Å². The highest BCUT2D eigenvalue weighted by atomic mass is 32.2. The van der Waals surface area contributed by atoms with E-state index < -0.39 is 11.0 Å². The van der Waals surface area contributed by atoms with Gasteiger partial charge in [-0.1, -0.05) is 0 Å². The number of carbonyl (C=O) groups excluding carboxylic acids is 1. The average molecular weight is 501 g/mol. The van der Waals surface area contributed by atoms with Crippen molar-refractivity contribution in [1.29, 1.82) is 0 Å². The summed E-state index contributed by atoms with van der Waals surface area (Å²) in [6.07, 6.45) is 4.01. The standard InChI is InChI=1S/C27H40N4O3S/c1-20-18-25(34-5)19-21(2)27(20)35(33)31(4)17-13-26(32)29-24-8-6-23(7-9-24)28-14-10-22-11-15-30(3)16-12-22/h6-9,18-19,22,28H,10-17H2,1-5H3,(H,29,32). The molecule has 1 aliphatic heterocycles. The minimum atomic E-state index is -1.35. The normalized spacial score (nSPS) is 15.7. The number of anilines is 2. The topological polar surface area (TPSA) is 73.9 Å². The molecule has 1 unspecified atom stereocenters. The summed E-state index contributed by atoms with van der Waals surface area (Å²) >= 11 is 0. The number of hydrogen-bond donors (Lipinski definition) is 2. The van der Waals surface area contributed by atoms with Gasteiger partial charge < -0.3 is 20.3 Å². The molecule has 0 aliphatic carbocycles. The zero-order valence-corrected chi connectivity index (χ0v) is 22.5. The van der Waals surface area contributed by atoms with Crippen molar-refractivity contribution < 1.29 is 13.7 Å². The maximum atomic E-state index is 13.1. The Bertz CT molecular complexity index is 981. The molecule has 0 spiro atoms. The Morgan fingerprint density at radius 2 is 1.71 bits per heavy atom. The Morgan fingerprint density at radius 3 is 2.31 bits per heavy atom. The lowest BCUT2D eigenvalue weighted by molar-refractivity contribution is -0.116. The van der Waals surface area contributed by atoms with Gasteiger partial charge >= 0.3 is 0 Å². The summed E-state index contributed by atoms with van der Waals surface area (Å²) in [7, 11) is 4.24. The third-order valence-electron chi connectivity index (χ3n) is 6.67. The number of rotatable bonds is 11. The number of likely N-dealkylation sites (tertiary alicyclic amines) is 1. The quantitative estimate of drug-likeness (QED) is 0.477. The zero-order chi connectivity index (χ0) is 25.4. The van der Waals surface area contributed by atoms with Gasteiger partial charge in [-0.3, -0.25) is 4.79 Å². The fraction of sp³-hybridized carbons (Fsp3) is 0.519. The van der Waals surface area contributed by atoms with Crippen LogP contribution < -0.4 is 15.4 Å². The highest BCUT2D eigenvalue weighted by Crippen LogP contribution is 2.26. The first-order valence-corrected chi connectivity index (χ1v) is 13.5. The molecule has 3 rings (SSSR count). The van der Waals surface area contributed by atoms with Gasteiger partial charge in [-0.15, -0.1) is 0 Å². The number of nitrogens with one attached hydrogen (secondary N) is 2. The first-order valence-electron chi connectivity index (χ1n) is 12.4. The van der Waals surface area contributed by atoms with Crippen molar-refractivity contribution in [2.45, 2.75) is 44.4 Å². The number of benzene rings is 2. The Kier molecular flexibility index (Phi) is 10.1. The number of ether oxygens (including phenoxy) is 1. The average Bonchev–Trinajstić information content (AvgIpc) is 2.84. The number of amides is 1. The van der Waals surface area contributed by atoms with E-state index >= 15 is 0 Å². The van der Waals surface area contributed by atoms with Gasteiger partial charge in [0, 0.05) is 37.9 Å². The van der Waals surface area contributed by atoms with E-state index in [2.05, 4.69) is 22.6 Å². The van der Waals surface area contributed by atoms with Crippen LogP contribution in [0.15, 0.2) is 41.3 Å². The second kappa shape index (κ2) is 13.0. The maximum absolute atomic E-state index is 13.1. The fourth-order valence-electron chi connectivity index (χ4n) is 4.47. The molecule has 192 valence electrons. The summed E-state index contributed by atoms with van der Waals surface area (Å²) in [5.41, 5.74) is 3.66. The van der Waals surface area contributed by atoms with Crippen LogP contribution in [0.2, 0.25) is 0 Å². The summed E-state index contributed by atoms with van der Waals surface area (Å²) in [5, 5.41) is 6.43. The Balaban J connectivity index is 1.42. The smallest absolute Gasteiger partial charge is 0.225 e. The summed E-state index contributed by atoms with van der Waals surface area (Å²) < 4.78 is 20.0. The van der Waals surface area contributed by atoms with Gasteiger partial charge in [-0.05, 0) is 107 Å². The lowest BCUT2D eigenvalue weighted by Gasteiger charge is -2.29. The van der Waals surface area contributed by atoms with E-state index in [1.165, 1.54) is 32.4 Å². The SMILES string of the molecule is COc1cc(C)c(S(=O)N(C)CCC(=O)Nc2ccc(NCCC3CCN(C)CC3)cc2)c(C)c1. The number of carbonyl (C=O) groups is 1. The summed E-state index contributed by atoms with van der Waals surface area (Å²) in [4.78, 5) is 15.6. The molecular formula is C27H40N4O3S. The Morgan fingerprint density at radius 1 is 1.11 bits per heavy atom. The predicted molar refractivity (Wildman–Crippen MR) is 145 cm³/mol. The molecule has 2 aromatic carbocycles. The summed E-state index contributed by atoms with van der Waals surface area (Å²) in [5.74, 6) is 1.46. The van der Waals surface area contributed by atoms with Crippen molar-refractivity contribution in [1.82, 2.24) is 9.21 Å². The highest BCUT2D eigenvalue weighted by molar-refractivity contribution is 7.82. The van der Waals surface area contributed by atoms with Crippen molar-refractivity contribution in [2.24, 2.45) is 5.92 Å². The molecule has 7 nitrogen and oxygen atoms in total. The molecule has 0 aromatic heterocycles. The summed E-state index contributed by atoms with van der Waals surface area (Å²) in [6.45, 7) is 7.61. The van der Waals surface area contributed by atoms with E-state index in [-0.39, 0.29) is 12.3 Å². The van der Waals surface area contributed by atoms with Gasteiger partial charge in [0.05, 0.1) is 12.0 Å². The molecule has 1 atom stereocenters. The molecule has 0 saturated carbocycles. The van der Waals surface area contributed by atoms with Gasteiger partial charge in [-0.2, -0.15) is 0 Å². The van der Waals surface area contributed by atoms with Gasteiger partial charge in [0.2, 0.25) is 5.91 Å². The fourth-order valence-corrected chi connectivity index (χ4v) is 5.71. The maximum Gasteiger partial charge on any atom is 0.225 e. The number of nitrogens with zero attached hydrogens (tertiary/aromatic N) is 2. The molecule has 0 bridgehead atoms. The molecule has 1 fully saturated rings. The zero-order valence-electron chi connectivity index (χ0n) is 21.7. The predicted octanol–water partition coefficient (Wildman–Crippen LogP) is 4.44. The van der Waals surface area contributed by atoms with Crippen LogP contribution in [0.5, 0.6) is 5.75 Å². The highest BCUT2D eigenvalue weighted by Gasteiger charge is 2.18. The van der Waals surface area contributed by atoms with Crippen LogP contribution in [-0.2, 0) is 15.8 Å². The van der Waals surface area contributed by atoms with E-state index in [9.17, 15) is 9.00 Å². The Labute approximate surface area is 212 Å². The molecule has 1 amide bonds. The summed E-state index contributed by atoms with van der Waals surface area (Å²) in [6, 6.07) is 11.6. The monoisotopic (exact) mass is 500 g/mol. The van der Waals surface area contributed by atoms with Crippen molar-refractivity contribution in [3.8, 4) is 5.75 Å². The van der Waals surface area contributed by atoms with E-state index in [0.29, 0.717) is 6.54 Å². The first kappa shape index (κ1) is 27.2. The third kappa shape index (κ3) is 8.05. The largest absolute Gasteiger partial charge is 0.497 e. The van der Waals surface area contributed by atoms with E-state index in [4.69, 9.17) is 4.74 Å². The molecule has 35 heavy (non-hydrogen) atoms. The van der Waals surface area contributed by atoms with Crippen molar-refractivity contribution in [2.75, 3.05) is 58.0 Å². The van der Waals surface area contributed by atoms with Crippen LogP contribution in [0.1, 0.15) is 36.8 Å². The van der Waals surface area contributed by atoms with Crippen molar-refractivity contribution >= 4 is 28.3 Å². The minimum Gasteiger partial charge on any atom is -0.497 e. The Hall–Kier alpha value is -2.42. The van der Waals surface area contributed by atoms with E-state index in [1.807, 2.05) is 50.2 Å². The number of methoxy groups -OCH3 is 1. The molecule has 0 radical (unpaired) electrons. The number of aryl methyl sites for hydroxylation is 2. The number of hydrogen-bond acceptors (Lipinski definition) is 5. The second-order valence-corrected chi connectivity index (χ2v) is 11.1. The third-order valence-corrected chi connectivity index (χ3v) is 8.41. The van der Waals surface area contributed by atoms with Gasteiger partial charge in [0.15, 0.2) is 0 Å². The lowest BCUT2D eigenvalue weighted by atomic mass is 9.94. The van der Waals surface area contributed by atoms with Crippen LogP contribution in [0.4, 0.5) is 11.4 Å². The van der Waals surface area contributed by atoms with E-state index in [1.54, 1.807) is 18.5 Å². The second-order valence-electron chi connectivity index (χ2n) is 9.53. The van der Waals surface area contributed by atoms with Crippen LogP contribution in [0.3, 0.4) is 0 Å². The van der Waals surface area contributed by atoms with Crippen molar-refractivity contribution in [3.63, 3.8) is 0 Å². The van der Waals surface area contributed by atoms with E-state index in [0.717, 1.165) is 45.6 Å². The molecule has 2 aromatic rings. The molecule has 1 saturated heterocycles. The molecule has 1 heterocycles. The van der Waals surface area contributed by atoms with Crippen molar-refractivity contribution in [3.05, 3.63) is 47.5 Å². The molecular weight excluding hydrogens is 460 g/mol. The molecule has 8 heteroatoms. The lowest BCUT2D eigenvalue weighted by Crippen LogP contribution is -2.30. The van der Waals surface area contributed by atoms with Gasteiger partial charge in [0.1, 0.15) is 16.7 Å². The van der Waals surface area contributed by atoms with Gasteiger partial charge in [0.25, 0.3) is 0 Å². The van der Waals surface area contributed by atoms with Gasteiger partial charge in [-0.25, -0.2) is 8.51 Å². The number of piperidine rings is 1. The van der Waals surface area contributed by atoms with Crippen LogP contribution in [0.25, 0.3) is 0 Å². The molecule has 2 N–H and O–H groups in total. The minimum absolute atomic E-state index is 0.0972. The molecule has 1 aliphatic rings. The van der Waals surface area contributed by atoms with Crippen LogP contribution in [-0.4, -0.2) is 66.7 Å².